The van der Waals surface area contributed by atoms with E-state index in [2.05, 4.69) is 10.3 Å². The second kappa shape index (κ2) is 7.73. The molecule has 1 aromatic heterocycles. The third-order valence-electron chi connectivity index (χ3n) is 3.05. The number of aromatic nitrogens is 1. The van der Waals surface area contributed by atoms with Gasteiger partial charge >= 0.3 is 0 Å². The van der Waals surface area contributed by atoms with Gasteiger partial charge in [0.2, 0.25) is 5.91 Å². The number of hydrogen-bond acceptors (Lipinski definition) is 4. The molecule has 23 heavy (non-hydrogen) atoms. The molecular formula is C16H16FN3O2S. The van der Waals surface area contributed by atoms with E-state index in [0.29, 0.717) is 16.3 Å². The van der Waals surface area contributed by atoms with Gasteiger partial charge in [0.1, 0.15) is 10.8 Å². The Balaban J connectivity index is 2.00. The molecule has 0 aliphatic heterocycles. The maximum Gasteiger partial charge on any atom is 0.256 e. The number of carbonyl (C=O) groups excluding carboxylic acids is 2. The molecule has 0 saturated carbocycles. The van der Waals surface area contributed by atoms with Gasteiger partial charge in [0.25, 0.3) is 5.91 Å². The van der Waals surface area contributed by atoms with Gasteiger partial charge in [-0.3, -0.25) is 9.59 Å². The maximum absolute atomic E-state index is 12.8. The summed E-state index contributed by atoms with van der Waals surface area (Å²) in [6.07, 6.45) is 3.45. The molecule has 5 nitrogen and oxygen atoms in total. The fraction of sp³-hybridized carbons (Fsp3) is 0.188. The predicted molar refractivity (Wildman–Crippen MR) is 88.0 cm³/mol. The first-order chi connectivity index (χ1) is 11.0. The Labute approximate surface area is 137 Å². The highest BCUT2D eigenvalue weighted by atomic mass is 32.2. The monoisotopic (exact) mass is 333 g/mol. The van der Waals surface area contributed by atoms with Gasteiger partial charge in [-0.25, -0.2) is 9.37 Å². The van der Waals surface area contributed by atoms with Crippen LogP contribution in [0.2, 0.25) is 0 Å². The van der Waals surface area contributed by atoms with E-state index in [9.17, 15) is 14.0 Å². The fourth-order valence-corrected chi connectivity index (χ4v) is 2.48. The van der Waals surface area contributed by atoms with Gasteiger partial charge in [-0.15, -0.1) is 11.8 Å². The molecule has 2 amide bonds. The van der Waals surface area contributed by atoms with E-state index in [1.54, 1.807) is 25.4 Å². The van der Waals surface area contributed by atoms with Crippen LogP contribution >= 0.6 is 11.8 Å². The normalized spacial score (nSPS) is 10.2. The lowest BCUT2D eigenvalue weighted by atomic mass is 10.2. The van der Waals surface area contributed by atoms with Crippen molar-refractivity contribution < 1.29 is 14.0 Å². The van der Waals surface area contributed by atoms with Crippen molar-refractivity contribution in [2.24, 2.45) is 0 Å². The number of anilines is 1. The van der Waals surface area contributed by atoms with E-state index < -0.39 is 0 Å². The van der Waals surface area contributed by atoms with E-state index in [1.807, 2.05) is 6.26 Å². The smallest absolute Gasteiger partial charge is 0.256 e. The lowest BCUT2D eigenvalue weighted by molar-refractivity contribution is -0.116. The highest BCUT2D eigenvalue weighted by Crippen LogP contribution is 2.18. The topological polar surface area (TPSA) is 62.3 Å². The van der Waals surface area contributed by atoms with Gasteiger partial charge in [0, 0.05) is 18.9 Å². The quantitative estimate of drug-likeness (QED) is 0.855. The number of likely N-dealkylation sites (N-methyl/N-ethyl adjacent to an activating group) is 1. The Morgan fingerprint density at radius 3 is 2.61 bits per heavy atom. The minimum absolute atomic E-state index is 0.112. The Bertz CT molecular complexity index is 707. The maximum atomic E-state index is 12.8. The van der Waals surface area contributed by atoms with Crippen LogP contribution in [0, 0.1) is 5.82 Å². The summed E-state index contributed by atoms with van der Waals surface area (Å²) in [5.41, 5.74) is 0.931. The highest BCUT2D eigenvalue weighted by molar-refractivity contribution is 7.98. The molecule has 1 aromatic carbocycles. The largest absolute Gasteiger partial charge is 0.332 e. The number of hydrogen-bond donors (Lipinski definition) is 1. The molecule has 120 valence electrons. The van der Waals surface area contributed by atoms with Crippen LogP contribution in [0.5, 0.6) is 0 Å². The Hall–Kier alpha value is -2.41. The zero-order valence-corrected chi connectivity index (χ0v) is 13.6. The van der Waals surface area contributed by atoms with E-state index in [-0.39, 0.29) is 24.2 Å². The van der Waals surface area contributed by atoms with Crippen molar-refractivity contribution in [2.75, 3.05) is 25.2 Å². The first-order valence-electron chi connectivity index (χ1n) is 6.81. The van der Waals surface area contributed by atoms with Crippen molar-refractivity contribution in [3.05, 3.63) is 54.0 Å². The van der Waals surface area contributed by atoms with Crippen LogP contribution in [-0.2, 0) is 4.79 Å². The highest BCUT2D eigenvalue weighted by Gasteiger charge is 2.18. The van der Waals surface area contributed by atoms with Gasteiger partial charge in [-0.2, -0.15) is 0 Å². The molecule has 0 radical (unpaired) electrons. The van der Waals surface area contributed by atoms with Crippen LogP contribution in [-0.4, -0.2) is 41.5 Å². The van der Waals surface area contributed by atoms with E-state index in [4.69, 9.17) is 0 Å². The summed E-state index contributed by atoms with van der Waals surface area (Å²) >= 11 is 1.37. The molecule has 0 aliphatic rings. The van der Waals surface area contributed by atoms with E-state index >= 15 is 0 Å². The van der Waals surface area contributed by atoms with Crippen LogP contribution in [0.4, 0.5) is 10.1 Å². The van der Waals surface area contributed by atoms with Crippen LogP contribution in [0.3, 0.4) is 0 Å². The van der Waals surface area contributed by atoms with Crippen molar-refractivity contribution in [2.45, 2.75) is 5.03 Å². The van der Waals surface area contributed by atoms with Gasteiger partial charge in [0.15, 0.2) is 0 Å². The SMILES string of the molecule is CSc1ncccc1C(=O)N(C)CC(=O)Nc1ccc(F)cc1. The van der Waals surface area contributed by atoms with Crippen LogP contribution in [0.15, 0.2) is 47.6 Å². The van der Waals surface area contributed by atoms with Crippen LogP contribution in [0.25, 0.3) is 0 Å². The molecule has 2 aromatic rings. The molecule has 0 spiro atoms. The van der Waals surface area contributed by atoms with Crippen molar-refractivity contribution in [3.63, 3.8) is 0 Å². The van der Waals surface area contributed by atoms with Gasteiger partial charge in [0.05, 0.1) is 12.1 Å². The number of nitrogens with one attached hydrogen (secondary N) is 1. The predicted octanol–water partition coefficient (Wildman–Crippen LogP) is 2.65. The summed E-state index contributed by atoms with van der Waals surface area (Å²) in [5, 5.41) is 3.23. The molecule has 0 aliphatic carbocycles. The summed E-state index contributed by atoms with van der Waals surface area (Å²) in [4.78, 5) is 29.8. The number of halogens is 1. The fourth-order valence-electron chi connectivity index (χ4n) is 1.94. The number of nitrogens with zero attached hydrogens (tertiary/aromatic N) is 2. The number of pyridine rings is 1. The third-order valence-corrected chi connectivity index (χ3v) is 3.76. The van der Waals surface area contributed by atoms with Crippen molar-refractivity contribution in [1.82, 2.24) is 9.88 Å². The molecule has 1 heterocycles. The van der Waals surface area contributed by atoms with E-state index in [1.165, 1.54) is 40.9 Å². The molecule has 2 rings (SSSR count). The summed E-state index contributed by atoms with van der Waals surface area (Å²) in [7, 11) is 1.55. The molecule has 0 atom stereocenters. The zero-order valence-electron chi connectivity index (χ0n) is 12.7. The average molecular weight is 333 g/mol. The minimum Gasteiger partial charge on any atom is -0.332 e. The number of thioether (sulfide) groups is 1. The molecule has 0 unspecified atom stereocenters. The lowest BCUT2D eigenvalue weighted by Crippen LogP contribution is -2.35. The first-order valence-corrected chi connectivity index (χ1v) is 8.03. The minimum atomic E-state index is -0.378. The van der Waals surface area contributed by atoms with Gasteiger partial charge in [-0.1, -0.05) is 0 Å². The Morgan fingerprint density at radius 2 is 1.96 bits per heavy atom. The summed E-state index contributed by atoms with van der Waals surface area (Å²) in [5.74, 6) is -1.02. The number of benzene rings is 1. The van der Waals surface area contributed by atoms with Gasteiger partial charge in [-0.05, 0) is 42.7 Å². The third kappa shape index (κ3) is 4.53. The Kier molecular flexibility index (Phi) is 5.70. The first kappa shape index (κ1) is 17.0. The molecule has 0 fully saturated rings. The molecule has 0 saturated heterocycles. The summed E-state index contributed by atoms with van der Waals surface area (Å²) < 4.78 is 12.8. The molecule has 0 bridgehead atoms. The molecule has 7 heteroatoms. The van der Waals surface area contributed by atoms with Crippen molar-refractivity contribution in [1.29, 1.82) is 0 Å². The van der Waals surface area contributed by atoms with Crippen LogP contribution in [0.1, 0.15) is 10.4 Å². The average Bonchev–Trinajstić information content (AvgIpc) is 2.56. The number of rotatable bonds is 5. The summed E-state index contributed by atoms with van der Waals surface area (Å²) in [6, 6.07) is 8.79. The van der Waals surface area contributed by atoms with Crippen molar-refractivity contribution >= 4 is 29.3 Å². The zero-order chi connectivity index (χ0) is 16.8. The van der Waals surface area contributed by atoms with Crippen molar-refractivity contribution in [3.8, 4) is 0 Å². The second-order valence-electron chi connectivity index (χ2n) is 4.78. The summed E-state index contributed by atoms with van der Waals surface area (Å²) in [6.45, 7) is -0.112. The second-order valence-corrected chi connectivity index (χ2v) is 5.57. The standard InChI is InChI=1S/C16H16FN3O2S/c1-20(16(22)13-4-3-9-18-15(13)23-2)10-14(21)19-12-7-5-11(17)6-8-12/h3-9H,10H2,1-2H3,(H,19,21). The Morgan fingerprint density at radius 1 is 1.26 bits per heavy atom. The van der Waals surface area contributed by atoms with Crippen LogP contribution < -0.4 is 5.32 Å². The molecule has 1 N–H and O–H groups in total. The molecular weight excluding hydrogens is 317 g/mol. The van der Waals surface area contributed by atoms with E-state index in [0.717, 1.165) is 0 Å². The number of carbonyl (C=O) groups is 2. The van der Waals surface area contributed by atoms with Gasteiger partial charge < -0.3 is 10.2 Å². The lowest BCUT2D eigenvalue weighted by Gasteiger charge is -2.17. The number of amides is 2.